The van der Waals surface area contributed by atoms with E-state index in [-0.39, 0.29) is 5.54 Å². The highest BCUT2D eigenvalue weighted by Gasteiger charge is 2.49. The lowest BCUT2D eigenvalue weighted by molar-refractivity contribution is 0.0561. The molecule has 1 aromatic rings. The Hall–Kier alpha value is -1.06. The molecule has 1 saturated carbocycles. The zero-order valence-corrected chi connectivity index (χ0v) is 11.1. The van der Waals surface area contributed by atoms with Crippen LogP contribution < -0.4 is 10.5 Å². The predicted molar refractivity (Wildman–Crippen MR) is 72.8 cm³/mol. The summed E-state index contributed by atoms with van der Waals surface area (Å²) >= 11 is 0. The van der Waals surface area contributed by atoms with Gasteiger partial charge >= 0.3 is 0 Å². The Morgan fingerprint density at radius 3 is 2.50 bits per heavy atom. The van der Waals surface area contributed by atoms with Crippen molar-refractivity contribution >= 4 is 0 Å². The summed E-state index contributed by atoms with van der Waals surface area (Å²) in [6.07, 6.45) is 3.80. The number of methoxy groups -OCH3 is 1. The quantitative estimate of drug-likeness (QED) is 0.858. The van der Waals surface area contributed by atoms with E-state index in [0.29, 0.717) is 0 Å². The smallest absolute Gasteiger partial charge is 0.118 e. The zero-order chi connectivity index (χ0) is 12.6. The molecule has 1 aliphatic carbocycles. The van der Waals surface area contributed by atoms with Gasteiger partial charge in [0, 0.05) is 25.2 Å². The summed E-state index contributed by atoms with van der Waals surface area (Å²) in [5.74, 6) is 1.74. The van der Waals surface area contributed by atoms with E-state index in [1.807, 2.05) is 12.1 Å². The van der Waals surface area contributed by atoms with Gasteiger partial charge in [-0.05, 0) is 42.9 Å². The van der Waals surface area contributed by atoms with Gasteiger partial charge in [-0.1, -0.05) is 12.1 Å². The molecule has 0 radical (unpaired) electrons. The topological polar surface area (TPSA) is 38.5 Å². The fourth-order valence-corrected chi connectivity index (χ4v) is 2.94. The van der Waals surface area contributed by atoms with Crippen LogP contribution in [0.1, 0.15) is 18.4 Å². The van der Waals surface area contributed by atoms with E-state index in [4.69, 9.17) is 10.5 Å². The summed E-state index contributed by atoms with van der Waals surface area (Å²) < 4.78 is 5.16. The molecule has 3 heteroatoms. The second-order valence-electron chi connectivity index (χ2n) is 5.82. The van der Waals surface area contributed by atoms with Crippen molar-refractivity contribution in [1.82, 2.24) is 4.90 Å². The summed E-state index contributed by atoms with van der Waals surface area (Å²) in [4.78, 5) is 2.47. The minimum atomic E-state index is 0.153. The van der Waals surface area contributed by atoms with E-state index in [9.17, 15) is 0 Å². The lowest BCUT2D eigenvalue weighted by Gasteiger charge is -2.48. The molecule has 0 amide bonds. The van der Waals surface area contributed by atoms with Crippen LogP contribution in [0.2, 0.25) is 0 Å². The van der Waals surface area contributed by atoms with Gasteiger partial charge < -0.3 is 10.5 Å². The Morgan fingerprint density at radius 2 is 1.94 bits per heavy atom. The van der Waals surface area contributed by atoms with Gasteiger partial charge in [0.2, 0.25) is 0 Å². The van der Waals surface area contributed by atoms with Gasteiger partial charge in [-0.25, -0.2) is 0 Å². The summed E-state index contributed by atoms with van der Waals surface area (Å²) in [5, 5.41) is 0. The summed E-state index contributed by atoms with van der Waals surface area (Å²) in [6.45, 7) is 3.31. The Bertz CT molecular complexity index is 405. The Labute approximate surface area is 109 Å². The van der Waals surface area contributed by atoms with Gasteiger partial charge in [-0.2, -0.15) is 0 Å². The number of nitrogens with two attached hydrogens (primary N) is 1. The van der Waals surface area contributed by atoms with Gasteiger partial charge in [-0.3, -0.25) is 4.90 Å². The number of likely N-dealkylation sites (tertiary alicyclic amines) is 1. The molecule has 2 N–H and O–H groups in total. The molecule has 0 aromatic heterocycles. The normalized spacial score (nSPS) is 22.6. The largest absolute Gasteiger partial charge is 0.497 e. The molecular formula is C15H22N2O. The van der Waals surface area contributed by atoms with E-state index >= 15 is 0 Å². The van der Waals surface area contributed by atoms with Crippen LogP contribution in [0, 0.1) is 5.92 Å². The van der Waals surface area contributed by atoms with E-state index in [1.54, 1.807) is 7.11 Å². The van der Waals surface area contributed by atoms with Crippen LogP contribution in [-0.2, 0) is 6.42 Å². The molecule has 1 aliphatic heterocycles. The highest BCUT2D eigenvalue weighted by molar-refractivity contribution is 5.27. The van der Waals surface area contributed by atoms with Crippen LogP contribution >= 0.6 is 0 Å². The van der Waals surface area contributed by atoms with Crippen molar-refractivity contribution in [2.45, 2.75) is 24.8 Å². The first kappa shape index (κ1) is 12.0. The van der Waals surface area contributed by atoms with Crippen molar-refractivity contribution in [3.63, 3.8) is 0 Å². The molecule has 0 atom stereocenters. The monoisotopic (exact) mass is 246 g/mol. The maximum atomic E-state index is 6.35. The predicted octanol–water partition coefficient (Wildman–Crippen LogP) is 1.66. The van der Waals surface area contributed by atoms with Gasteiger partial charge in [0.1, 0.15) is 5.75 Å². The molecule has 3 rings (SSSR count). The molecule has 1 aromatic carbocycles. The number of hydrogen-bond donors (Lipinski definition) is 1. The van der Waals surface area contributed by atoms with Gasteiger partial charge in [0.15, 0.2) is 0 Å². The Kier molecular flexibility index (Phi) is 3.04. The van der Waals surface area contributed by atoms with Crippen LogP contribution in [0.5, 0.6) is 5.75 Å². The third-order valence-corrected chi connectivity index (χ3v) is 4.30. The van der Waals surface area contributed by atoms with Crippen molar-refractivity contribution in [3.05, 3.63) is 29.8 Å². The van der Waals surface area contributed by atoms with Crippen LogP contribution in [0.15, 0.2) is 24.3 Å². The molecule has 1 heterocycles. The van der Waals surface area contributed by atoms with Crippen LogP contribution in [-0.4, -0.2) is 37.2 Å². The Morgan fingerprint density at radius 1 is 1.28 bits per heavy atom. The van der Waals surface area contributed by atoms with E-state index < -0.39 is 0 Å². The number of rotatable bonds is 5. The molecule has 3 nitrogen and oxygen atoms in total. The fourth-order valence-electron chi connectivity index (χ4n) is 2.94. The molecule has 2 aliphatic rings. The van der Waals surface area contributed by atoms with Crippen molar-refractivity contribution in [3.8, 4) is 5.75 Å². The highest BCUT2D eigenvalue weighted by atomic mass is 16.5. The van der Waals surface area contributed by atoms with E-state index in [0.717, 1.165) is 37.7 Å². The third kappa shape index (κ3) is 2.38. The first-order chi connectivity index (χ1) is 8.69. The first-order valence-corrected chi connectivity index (χ1v) is 6.84. The molecule has 98 valence electrons. The first-order valence-electron chi connectivity index (χ1n) is 6.84. The van der Waals surface area contributed by atoms with Crippen LogP contribution in [0.25, 0.3) is 0 Å². The van der Waals surface area contributed by atoms with Crippen molar-refractivity contribution in [1.29, 1.82) is 0 Å². The standard InChI is InChI=1S/C15H22N2O/c1-18-14-6-2-12(3-7-14)8-9-17-10-15(16,11-17)13-4-5-13/h2-3,6-7,13H,4-5,8-11,16H2,1H3. The molecule has 0 bridgehead atoms. The molecule has 18 heavy (non-hydrogen) atoms. The van der Waals surface area contributed by atoms with Crippen LogP contribution in [0.3, 0.4) is 0 Å². The molecule has 2 fully saturated rings. The van der Waals surface area contributed by atoms with E-state index in [2.05, 4.69) is 17.0 Å². The second kappa shape index (κ2) is 4.56. The number of benzene rings is 1. The lowest BCUT2D eigenvalue weighted by Crippen LogP contribution is -2.68. The summed E-state index contributed by atoms with van der Waals surface area (Å²) in [6, 6.07) is 8.36. The molecule has 0 unspecified atom stereocenters. The van der Waals surface area contributed by atoms with Crippen LogP contribution in [0.4, 0.5) is 0 Å². The highest BCUT2D eigenvalue weighted by Crippen LogP contribution is 2.42. The SMILES string of the molecule is COc1ccc(CCN2CC(N)(C3CC3)C2)cc1. The lowest BCUT2D eigenvalue weighted by atomic mass is 9.85. The van der Waals surface area contributed by atoms with Gasteiger partial charge in [-0.15, -0.1) is 0 Å². The number of hydrogen-bond acceptors (Lipinski definition) is 3. The van der Waals surface area contributed by atoms with E-state index in [1.165, 1.54) is 18.4 Å². The zero-order valence-electron chi connectivity index (χ0n) is 11.1. The fraction of sp³-hybridized carbons (Fsp3) is 0.600. The summed E-state index contributed by atoms with van der Waals surface area (Å²) in [5.41, 5.74) is 7.87. The van der Waals surface area contributed by atoms with Crippen molar-refractivity contribution in [2.24, 2.45) is 11.7 Å². The Balaban J connectivity index is 1.44. The van der Waals surface area contributed by atoms with Crippen molar-refractivity contribution in [2.75, 3.05) is 26.7 Å². The van der Waals surface area contributed by atoms with Crippen molar-refractivity contribution < 1.29 is 4.74 Å². The minimum Gasteiger partial charge on any atom is -0.497 e. The minimum absolute atomic E-state index is 0.153. The average Bonchev–Trinajstić information content (AvgIpc) is 3.18. The molecule has 1 saturated heterocycles. The summed E-state index contributed by atoms with van der Waals surface area (Å²) in [7, 11) is 1.70. The molecular weight excluding hydrogens is 224 g/mol. The second-order valence-corrected chi connectivity index (χ2v) is 5.82. The van der Waals surface area contributed by atoms with Gasteiger partial charge in [0.05, 0.1) is 7.11 Å². The maximum Gasteiger partial charge on any atom is 0.118 e. The third-order valence-electron chi connectivity index (χ3n) is 4.30. The average molecular weight is 246 g/mol. The number of nitrogens with zero attached hydrogens (tertiary/aromatic N) is 1. The maximum absolute atomic E-state index is 6.35. The molecule has 0 spiro atoms. The number of ether oxygens (including phenoxy) is 1. The van der Waals surface area contributed by atoms with Gasteiger partial charge in [0.25, 0.3) is 0 Å².